The van der Waals surface area contributed by atoms with Gasteiger partial charge in [0.25, 0.3) is 0 Å². The molecule has 2 aromatic carbocycles. The van der Waals surface area contributed by atoms with Gasteiger partial charge in [0, 0.05) is 17.9 Å². The number of aryl methyl sites for hydroxylation is 1. The Labute approximate surface area is 183 Å². The summed E-state index contributed by atoms with van der Waals surface area (Å²) in [6.07, 6.45) is 2.32. The van der Waals surface area contributed by atoms with Crippen molar-refractivity contribution in [3.05, 3.63) is 54.4 Å². The van der Waals surface area contributed by atoms with Gasteiger partial charge in [-0.2, -0.15) is 0 Å². The highest BCUT2D eigenvalue weighted by atomic mass is 32.2. The highest BCUT2D eigenvalue weighted by molar-refractivity contribution is 7.80. The number of imidazole rings is 1. The number of nitrogens with zero attached hydrogens (tertiary/aromatic N) is 3. The number of benzene rings is 2. The van der Waals surface area contributed by atoms with Crippen molar-refractivity contribution < 1.29 is 13.5 Å². The predicted molar refractivity (Wildman–Crippen MR) is 123 cm³/mol. The summed E-state index contributed by atoms with van der Waals surface area (Å²) in [5.74, 6) is 1.66. The second kappa shape index (κ2) is 9.03. The monoisotopic (exact) mass is 438 g/mol. The molecule has 2 aromatic heterocycles. The molecule has 0 aliphatic rings. The van der Waals surface area contributed by atoms with Crippen LogP contribution in [-0.2, 0) is 24.0 Å². The van der Waals surface area contributed by atoms with Crippen molar-refractivity contribution >= 4 is 38.8 Å². The average Bonchev–Trinajstić information content (AvgIpc) is 3.11. The summed E-state index contributed by atoms with van der Waals surface area (Å²) in [7, 11) is 0. The Morgan fingerprint density at radius 1 is 1.19 bits per heavy atom. The van der Waals surface area contributed by atoms with Crippen molar-refractivity contribution in [3.63, 3.8) is 0 Å². The second-order valence-corrected chi connectivity index (χ2v) is 8.70. The summed E-state index contributed by atoms with van der Waals surface area (Å²) in [6.45, 7) is 4.31. The van der Waals surface area contributed by atoms with Crippen molar-refractivity contribution in [2.24, 2.45) is 0 Å². The molecule has 3 N–H and O–H groups in total. The Morgan fingerprint density at radius 3 is 2.68 bits per heavy atom. The number of unbranched alkanes of at least 4 members (excludes halogenated alkanes) is 1. The molecule has 0 fully saturated rings. The first-order chi connectivity index (χ1) is 15.0. The lowest BCUT2D eigenvalue weighted by atomic mass is 10.1. The van der Waals surface area contributed by atoms with Crippen LogP contribution in [0.25, 0.3) is 21.9 Å². The van der Waals surface area contributed by atoms with Crippen LogP contribution < -0.4 is 9.92 Å². The second-order valence-electron chi connectivity index (χ2n) is 7.60. The molecule has 2 atom stereocenters. The van der Waals surface area contributed by atoms with E-state index in [2.05, 4.69) is 11.9 Å². The number of nitrogen functional groups attached to an aromatic ring is 1. The quantitative estimate of drug-likeness (QED) is 0.431. The van der Waals surface area contributed by atoms with Crippen molar-refractivity contribution in [3.8, 4) is 5.75 Å². The zero-order chi connectivity index (χ0) is 22.0. The Kier molecular flexibility index (Phi) is 6.20. The van der Waals surface area contributed by atoms with Crippen LogP contribution in [0.3, 0.4) is 0 Å². The number of aliphatic hydroxyl groups is 1. The Hall–Kier alpha value is -2.97. The SMILES string of the molecule is CCCCc1nc2c(N)nc3cc(OS(=O)c4ccccc4)ccc3c2n1CC(C)O. The number of nitrogens with two attached hydrogens (primary N) is 1. The zero-order valence-corrected chi connectivity index (χ0v) is 18.4. The van der Waals surface area contributed by atoms with Gasteiger partial charge in [0.15, 0.2) is 5.82 Å². The highest BCUT2D eigenvalue weighted by Crippen LogP contribution is 2.32. The van der Waals surface area contributed by atoms with Gasteiger partial charge < -0.3 is 19.6 Å². The highest BCUT2D eigenvalue weighted by Gasteiger charge is 2.19. The molecule has 162 valence electrons. The molecule has 2 unspecified atom stereocenters. The largest absolute Gasteiger partial charge is 0.397 e. The number of hydrogen-bond donors (Lipinski definition) is 2. The van der Waals surface area contributed by atoms with Crippen LogP contribution in [0.5, 0.6) is 5.75 Å². The van der Waals surface area contributed by atoms with Gasteiger partial charge >= 0.3 is 0 Å². The minimum atomic E-state index is -1.63. The van der Waals surface area contributed by atoms with Gasteiger partial charge in [-0.15, -0.1) is 0 Å². The number of aromatic nitrogens is 3. The van der Waals surface area contributed by atoms with Gasteiger partial charge in [0.05, 0.1) is 28.6 Å². The van der Waals surface area contributed by atoms with Crippen LogP contribution >= 0.6 is 0 Å². The lowest BCUT2D eigenvalue weighted by Crippen LogP contribution is -2.14. The molecule has 0 radical (unpaired) electrons. The van der Waals surface area contributed by atoms with E-state index in [1.807, 2.05) is 28.8 Å². The molecule has 7 nitrogen and oxygen atoms in total. The smallest absolute Gasteiger partial charge is 0.240 e. The Bertz CT molecular complexity index is 1240. The third-order valence-corrected chi connectivity index (χ3v) is 6.06. The number of aliphatic hydroxyl groups excluding tert-OH is 1. The number of hydrogen-bond acceptors (Lipinski definition) is 6. The Morgan fingerprint density at radius 2 is 1.97 bits per heavy atom. The molecule has 2 heterocycles. The van der Waals surface area contributed by atoms with E-state index in [9.17, 15) is 9.32 Å². The molecular formula is C23H26N4O3S. The van der Waals surface area contributed by atoms with E-state index in [0.29, 0.717) is 34.0 Å². The first-order valence-corrected chi connectivity index (χ1v) is 11.5. The number of fused-ring (bicyclic) bond motifs is 3. The first kappa shape index (κ1) is 21.3. The van der Waals surface area contributed by atoms with E-state index in [-0.39, 0.29) is 0 Å². The summed E-state index contributed by atoms with van der Waals surface area (Å²) in [5.41, 5.74) is 8.37. The normalized spacial score (nSPS) is 13.5. The van der Waals surface area contributed by atoms with Crippen molar-refractivity contribution in [1.29, 1.82) is 0 Å². The Balaban J connectivity index is 1.79. The topological polar surface area (TPSA) is 103 Å². The van der Waals surface area contributed by atoms with Crippen LogP contribution in [-0.4, -0.2) is 30.0 Å². The zero-order valence-electron chi connectivity index (χ0n) is 17.6. The van der Waals surface area contributed by atoms with Crippen molar-refractivity contribution in [2.45, 2.75) is 50.7 Å². The van der Waals surface area contributed by atoms with Crippen molar-refractivity contribution in [2.75, 3.05) is 5.73 Å². The van der Waals surface area contributed by atoms with Crippen LogP contribution in [0.1, 0.15) is 32.5 Å². The lowest BCUT2D eigenvalue weighted by molar-refractivity contribution is 0.174. The summed E-state index contributed by atoms with van der Waals surface area (Å²) >= 11 is -1.63. The molecule has 0 saturated heterocycles. The van der Waals surface area contributed by atoms with E-state index in [0.717, 1.165) is 36.0 Å². The molecule has 0 saturated carbocycles. The number of rotatable bonds is 8. The maximum absolute atomic E-state index is 12.5. The minimum absolute atomic E-state index is 0.325. The van der Waals surface area contributed by atoms with Crippen molar-refractivity contribution in [1.82, 2.24) is 14.5 Å². The fraction of sp³-hybridized carbons (Fsp3) is 0.304. The van der Waals surface area contributed by atoms with E-state index in [1.165, 1.54) is 0 Å². The molecule has 31 heavy (non-hydrogen) atoms. The molecule has 8 heteroatoms. The minimum Gasteiger partial charge on any atom is -0.397 e. The van der Waals surface area contributed by atoms with E-state index in [4.69, 9.17) is 14.9 Å². The van der Waals surface area contributed by atoms with Gasteiger partial charge in [-0.1, -0.05) is 31.5 Å². The molecule has 0 aliphatic heterocycles. The molecule has 0 amide bonds. The summed E-state index contributed by atoms with van der Waals surface area (Å²) in [6, 6.07) is 14.4. The maximum Gasteiger partial charge on any atom is 0.240 e. The van der Waals surface area contributed by atoms with Gasteiger partial charge in [0.2, 0.25) is 11.1 Å². The van der Waals surface area contributed by atoms with E-state index in [1.54, 1.807) is 31.2 Å². The maximum atomic E-state index is 12.5. The number of anilines is 1. The first-order valence-electron chi connectivity index (χ1n) is 10.4. The van der Waals surface area contributed by atoms with E-state index < -0.39 is 17.2 Å². The molecule has 0 aliphatic carbocycles. The fourth-order valence-electron chi connectivity index (χ4n) is 3.64. The summed E-state index contributed by atoms with van der Waals surface area (Å²) in [4.78, 5) is 9.85. The summed E-state index contributed by atoms with van der Waals surface area (Å²) < 4.78 is 20.2. The van der Waals surface area contributed by atoms with Crippen LogP contribution in [0, 0.1) is 0 Å². The third-order valence-electron chi connectivity index (χ3n) is 5.06. The summed E-state index contributed by atoms with van der Waals surface area (Å²) in [5, 5.41) is 10.9. The van der Waals surface area contributed by atoms with Gasteiger partial charge in [-0.05, 0) is 37.6 Å². The number of pyridine rings is 1. The lowest BCUT2D eigenvalue weighted by Gasteiger charge is -2.13. The van der Waals surface area contributed by atoms with Gasteiger partial charge in [-0.25, -0.2) is 14.2 Å². The standard InChI is InChI=1S/C23H26N4O3S/c1-3-4-10-20-26-21-22(27(20)14-15(2)28)18-12-11-16(13-19(18)25-23(21)24)30-31(29)17-8-6-5-7-9-17/h5-9,11-13,15,28H,3-4,10,14H2,1-2H3,(H2,24,25). The molecule has 0 bridgehead atoms. The van der Waals surface area contributed by atoms with Gasteiger partial charge in [-0.3, -0.25) is 0 Å². The third kappa shape index (κ3) is 4.40. The van der Waals surface area contributed by atoms with Crippen LogP contribution in [0.15, 0.2) is 53.4 Å². The molecule has 4 aromatic rings. The van der Waals surface area contributed by atoms with Gasteiger partial charge in [0.1, 0.15) is 17.1 Å². The van der Waals surface area contributed by atoms with Crippen LogP contribution in [0.2, 0.25) is 0 Å². The fourth-order valence-corrected chi connectivity index (χ4v) is 4.40. The predicted octanol–water partition coefficient (Wildman–Crippen LogP) is 3.99. The average molecular weight is 439 g/mol. The van der Waals surface area contributed by atoms with E-state index >= 15 is 0 Å². The molecule has 0 spiro atoms. The molecule has 4 rings (SSSR count). The van der Waals surface area contributed by atoms with Crippen LogP contribution in [0.4, 0.5) is 5.82 Å². The molecular weight excluding hydrogens is 412 g/mol.